The minimum absolute atomic E-state index is 0.185. The molecule has 0 spiro atoms. The molecule has 0 saturated carbocycles. The molecular weight excluding hydrogens is 373 g/mol. The second kappa shape index (κ2) is 8.43. The van der Waals surface area contributed by atoms with Crippen LogP contribution < -0.4 is 10.6 Å². The molecule has 0 bridgehead atoms. The molecule has 2 aromatic carbocycles. The third-order valence-electron chi connectivity index (χ3n) is 4.27. The molecule has 1 heterocycles. The number of hydrogen-bond donors (Lipinski definition) is 2. The molecule has 0 radical (unpaired) electrons. The lowest BCUT2D eigenvalue weighted by Gasteiger charge is -2.18. The standard InChI is InChI=1S/C19H19Cl2N3O2/c20-16-8-7-15(10-17(16)21)23-19(26)22-11-13-4-1-2-5-14(13)12-24-9-3-6-18(24)25/h1-2,4-5,7-8,10H,3,6,9,11-12H2,(H2,22,23,26). The van der Waals surface area contributed by atoms with E-state index >= 15 is 0 Å². The maximum Gasteiger partial charge on any atom is 0.319 e. The maximum atomic E-state index is 12.1. The summed E-state index contributed by atoms with van der Waals surface area (Å²) in [6, 6.07) is 12.4. The monoisotopic (exact) mass is 391 g/mol. The zero-order valence-electron chi connectivity index (χ0n) is 14.1. The molecule has 0 unspecified atom stereocenters. The van der Waals surface area contributed by atoms with Crippen LogP contribution in [-0.2, 0) is 17.9 Å². The van der Waals surface area contributed by atoms with Crippen LogP contribution in [0.3, 0.4) is 0 Å². The third-order valence-corrected chi connectivity index (χ3v) is 5.01. The first-order valence-corrected chi connectivity index (χ1v) is 9.13. The van der Waals surface area contributed by atoms with E-state index in [0.717, 1.165) is 24.1 Å². The van der Waals surface area contributed by atoms with Crippen LogP contribution in [0.4, 0.5) is 10.5 Å². The van der Waals surface area contributed by atoms with Gasteiger partial charge in [0.1, 0.15) is 0 Å². The van der Waals surface area contributed by atoms with Gasteiger partial charge in [0.25, 0.3) is 0 Å². The van der Waals surface area contributed by atoms with E-state index in [9.17, 15) is 9.59 Å². The highest BCUT2D eigenvalue weighted by Gasteiger charge is 2.20. The Balaban J connectivity index is 1.59. The Kier molecular flexibility index (Phi) is 6.01. The maximum absolute atomic E-state index is 12.1. The summed E-state index contributed by atoms with van der Waals surface area (Å²) < 4.78 is 0. The number of nitrogens with one attached hydrogen (secondary N) is 2. The summed E-state index contributed by atoms with van der Waals surface area (Å²) in [7, 11) is 0. The van der Waals surface area contributed by atoms with Crippen molar-refractivity contribution < 1.29 is 9.59 Å². The zero-order valence-corrected chi connectivity index (χ0v) is 15.6. The summed E-state index contributed by atoms with van der Waals surface area (Å²) in [5.74, 6) is 0.185. The quantitative estimate of drug-likeness (QED) is 0.791. The minimum atomic E-state index is -0.338. The van der Waals surface area contributed by atoms with Gasteiger partial charge in [-0.05, 0) is 35.7 Å². The molecule has 0 atom stereocenters. The van der Waals surface area contributed by atoms with Crippen LogP contribution in [0.2, 0.25) is 10.0 Å². The molecule has 136 valence electrons. The first-order chi connectivity index (χ1) is 12.5. The number of carbonyl (C=O) groups is 2. The summed E-state index contributed by atoms with van der Waals surface area (Å²) in [6.07, 6.45) is 1.53. The first-order valence-electron chi connectivity index (χ1n) is 8.37. The average molecular weight is 392 g/mol. The first kappa shape index (κ1) is 18.5. The number of amides is 3. The van der Waals surface area contributed by atoms with Crippen molar-refractivity contribution in [2.45, 2.75) is 25.9 Å². The van der Waals surface area contributed by atoms with Gasteiger partial charge in [-0.1, -0.05) is 47.5 Å². The van der Waals surface area contributed by atoms with E-state index in [1.807, 2.05) is 29.2 Å². The van der Waals surface area contributed by atoms with Crippen molar-refractivity contribution in [3.05, 3.63) is 63.6 Å². The molecule has 2 N–H and O–H groups in total. The molecule has 7 heteroatoms. The topological polar surface area (TPSA) is 61.4 Å². The molecule has 0 aliphatic carbocycles. The summed E-state index contributed by atoms with van der Waals surface area (Å²) >= 11 is 11.8. The van der Waals surface area contributed by atoms with E-state index in [4.69, 9.17) is 23.2 Å². The Morgan fingerprint density at radius 2 is 1.85 bits per heavy atom. The number of carbonyl (C=O) groups excluding carboxylic acids is 2. The van der Waals surface area contributed by atoms with Crippen molar-refractivity contribution in [1.29, 1.82) is 0 Å². The van der Waals surface area contributed by atoms with E-state index in [-0.39, 0.29) is 11.9 Å². The Morgan fingerprint density at radius 1 is 1.08 bits per heavy atom. The molecule has 0 aromatic heterocycles. The Hall–Kier alpha value is -2.24. The van der Waals surface area contributed by atoms with Crippen LogP contribution in [0, 0.1) is 0 Å². The van der Waals surface area contributed by atoms with Crippen LogP contribution >= 0.6 is 23.2 Å². The average Bonchev–Trinajstić information content (AvgIpc) is 3.02. The van der Waals surface area contributed by atoms with Gasteiger partial charge in [0.15, 0.2) is 0 Å². The smallest absolute Gasteiger partial charge is 0.319 e. The fraction of sp³-hybridized carbons (Fsp3) is 0.263. The van der Waals surface area contributed by atoms with Crippen molar-refractivity contribution in [2.75, 3.05) is 11.9 Å². The molecule has 1 saturated heterocycles. The van der Waals surface area contributed by atoms with Gasteiger partial charge in [-0.3, -0.25) is 4.79 Å². The second-order valence-corrected chi connectivity index (χ2v) is 6.94. The van der Waals surface area contributed by atoms with E-state index in [1.165, 1.54) is 0 Å². The number of urea groups is 1. The number of hydrogen-bond acceptors (Lipinski definition) is 2. The van der Waals surface area contributed by atoms with Crippen LogP contribution in [0.1, 0.15) is 24.0 Å². The third kappa shape index (κ3) is 4.68. The summed E-state index contributed by atoms with van der Waals surface area (Å²) in [6.45, 7) is 1.73. The van der Waals surface area contributed by atoms with Crippen molar-refractivity contribution in [3.8, 4) is 0 Å². The minimum Gasteiger partial charge on any atom is -0.338 e. The van der Waals surface area contributed by atoms with Gasteiger partial charge in [-0.2, -0.15) is 0 Å². The zero-order chi connectivity index (χ0) is 18.5. The van der Waals surface area contributed by atoms with E-state index < -0.39 is 0 Å². The molecule has 1 fully saturated rings. The highest BCUT2D eigenvalue weighted by molar-refractivity contribution is 6.42. The summed E-state index contributed by atoms with van der Waals surface area (Å²) in [5, 5.41) is 6.36. The van der Waals surface area contributed by atoms with Crippen LogP contribution in [-0.4, -0.2) is 23.4 Å². The van der Waals surface area contributed by atoms with Gasteiger partial charge in [0.05, 0.1) is 10.0 Å². The van der Waals surface area contributed by atoms with Gasteiger partial charge in [-0.25, -0.2) is 4.79 Å². The van der Waals surface area contributed by atoms with Gasteiger partial charge < -0.3 is 15.5 Å². The SMILES string of the molecule is O=C(NCc1ccccc1CN1CCCC1=O)Nc1ccc(Cl)c(Cl)c1. The predicted molar refractivity (Wildman–Crippen MR) is 103 cm³/mol. The van der Waals surface area contributed by atoms with Gasteiger partial charge in [0, 0.05) is 31.7 Å². The summed E-state index contributed by atoms with van der Waals surface area (Å²) in [5.41, 5.74) is 2.59. The van der Waals surface area contributed by atoms with E-state index in [0.29, 0.717) is 35.2 Å². The van der Waals surface area contributed by atoms with Crippen molar-refractivity contribution in [2.24, 2.45) is 0 Å². The number of rotatable bonds is 5. The Labute approximate surface area is 162 Å². The van der Waals surface area contributed by atoms with Gasteiger partial charge >= 0.3 is 6.03 Å². The van der Waals surface area contributed by atoms with Crippen LogP contribution in [0.25, 0.3) is 0 Å². The van der Waals surface area contributed by atoms with Gasteiger partial charge in [-0.15, -0.1) is 0 Å². The lowest BCUT2D eigenvalue weighted by atomic mass is 10.1. The fourth-order valence-corrected chi connectivity index (χ4v) is 3.18. The number of anilines is 1. The fourth-order valence-electron chi connectivity index (χ4n) is 2.89. The number of nitrogens with zero attached hydrogens (tertiary/aromatic N) is 1. The highest BCUT2D eigenvalue weighted by atomic mass is 35.5. The Bertz CT molecular complexity index is 826. The molecule has 3 rings (SSSR count). The lowest BCUT2D eigenvalue weighted by Crippen LogP contribution is -2.29. The predicted octanol–water partition coefficient (Wildman–Crippen LogP) is 4.44. The molecule has 3 amide bonds. The van der Waals surface area contributed by atoms with E-state index in [2.05, 4.69) is 10.6 Å². The largest absolute Gasteiger partial charge is 0.338 e. The van der Waals surface area contributed by atoms with Crippen molar-refractivity contribution in [3.63, 3.8) is 0 Å². The molecule has 2 aromatic rings. The number of likely N-dealkylation sites (tertiary alicyclic amines) is 1. The molecule has 26 heavy (non-hydrogen) atoms. The van der Waals surface area contributed by atoms with Gasteiger partial charge in [0.2, 0.25) is 5.91 Å². The van der Waals surface area contributed by atoms with Crippen LogP contribution in [0.15, 0.2) is 42.5 Å². The van der Waals surface area contributed by atoms with Crippen molar-refractivity contribution >= 4 is 40.8 Å². The summed E-state index contributed by atoms with van der Waals surface area (Å²) in [4.78, 5) is 25.8. The molecular formula is C19H19Cl2N3O2. The molecule has 5 nitrogen and oxygen atoms in total. The molecule has 1 aliphatic heterocycles. The number of halogens is 2. The van der Waals surface area contributed by atoms with E-state index in [1.54, 1.807) is 18.2 Å². The Morgan fingerprint density at radius 3 is 2.54 bits per heavy atom. The highest BCUT2D eigenvalue weighted by Crippen LogP contribution is 2.25. The lowest BCUT2D eigenvalue weighted by molar-refractivity contribution is -0.128. The van der Waals surface area contributed by atoms with Crippen LogP contribution in [0.5, 0.6) is 0 Å². The normalized spacial score (nSPS) is 13.8. The second-order valence-electron chi connectivity index (χ2n) is 6.12. The van der Waals surface area contributed by atoms with Crippen molar-refractivity contribution in [1.82, 2.24) is 10.2 Å². The molecule has 1 aliphatic rings. The number of benzene rings is 2.